The molecule has 2 fully saturated rings. The van der Waals surface area contributed by atoms with Crippen LogP contribution >= 0.6 is 34.7 Å². The molecule has 110 valence electrons. The predicted octanol–water partition coefficient (Wildman–Crippen LogP) is 5.10. The van der Waals surface area contributed by atoms with Crippen LogP contribution in [0.5, 0.6) is 0 Å². The lowest BCUT2D eigenvalue weighted by atomic mass is 9.78. The topological polar surface area (TPSA) is 24.4 Å². The van der Waals surface area contributed by atoms with Crippen molar-refractivity contribution in [2.75, 3.05) is 5.75 Å². The monoisotopic (exact) mass is 328 g/mol. The first-order chi connectivity index (χ1) is 9.56. The number of rotatable bonds is 2. The van der Waals surface area contributed by atoms with E-state index in [0.717, 1.165) is 15.4 Å². The number of thiophene rings is 1. The molecule has 2 heterocycles. The Morgan fingerprint density at radius 2 is 2.15 bits per heavy atom. The van der Waals surface area contributed by atoms with Gasteiger partial charge in [-0.1, -0.05) is 30.3 Å². The van der Waals surface area contributed by atoms with Crippen LogP contribution in [0.2, 0.25) is 4.34 Å². The highest BCUT2D eigenvalue weighted by molar-refractivity contribution is 8.14. The molecule has 0 aromatic carbocycles. The van der Waals surface area contributed by atoms with Crippen LogP contribution in [-0.2, 0) is 0 Å². The molecule has 1 aromatic rings. The van der Waals surface area contributed by atoms with E-state index in [1.165, 1.54) is 36.3 Å². The van der Waals surface area contributed by atoms with Gasteiger partial charge in [0.25, 0.3) is 0 Å². The number of hydrogen-bond donors (Lipinski definition) is 1. The largest absolute Gasteiger partial charge is 0.359 e. The van der Waals surface area contributed by atoms with E-state index in [2.05, 4.69) is 25.2 Å². The first-order valence-corrected chi connectivity index (χ1v) is 9.48. The average Bonchev–Trinajstić information content (AvgIpc) is 3.01. The molecule has 5 heteroatoms. The highest BCUT2D eigenvalue weighted by Crippen LogP contribution is 2.39. The van der Waals surface area contributed by atoms with E-state index in [4.69, 9.17) is 16.6 Å². The van der Waals surface area contributed by atoms with Gasteiger partial charge in [0.15, 0.2) is 5.17 Å². The van der Waals surface area contributed by atoms with Crippen LogP contribution in [0.25, 0.3) is 0 Å². The van der Waals surface area contributed by atoms with Gasteiger partial charge in [-0.3, -0.25) is 4.99 Å². The minimum Gasteiger partial charge on any atom is -0.359 e. The zero-order valence-electron chi connectivity index (χ0n) is 12.0. The van der Waals surface area contributed by atoms with Gasteiger partial charge in [-0.15, -0.1) is 11.3 Å². The van der Waals surface area contributed by atoms with E-state index in [1.807, 2.05) is 17.8 Å². The number of nitrogens with one attached hydrogen (secondary N) is 1. The van der Waals surface area contributed by atoms with Crippen molar-refractivity contribution in [3.05, 3.63) is 21.3 Å². The van der Waals surface area contributed by atoms with E-state index >= 15 is 0 Å². The third-order valence-electron chi connectivity index (χ3n) is 4.41. The summed E-state index contributed by atoms with van der Waals surface area (Å²) in [4.78, 5) is 6.09. The molecule has 1 aliphatic heterocycles. The number of thioether (sulfide) groups is 1. The van der Waals surface area contributed by atoms with Gasteiger partial charge in [-0.25, -0.2) is 0 Å². The summed E-state index contributed by atoms with van der Waals surface area (Å²) < 4.78 is 0.844. The molecule has 1 saturated carbocycles. The zero-order chi connectivity index (χ0) is 14.2. The van der Waals surface area contributed by atoms with Crippen molar-refractivity contribution in [1.82, 2.24) is 5.32 Å². The van der Waals surface area contributed by atoms with Gasteiger partial charge in [-0.2, -0.15) is 0 Å². The minimum atomic E-state index is 0.195. The fourth-order valence-corrected chi connectivity index (χ4v) is 5.30. The van der Waals surface area contributed by atoms with E-state index in [-0.39, 0.29) is 6.04 Å². The lowest BCUT2D eigenvalue weighted by Crippen LogP contribution is -2.46. The molecular formula is C15H21ClN2S2. The molecule has 0 radical (unpaired) electrons. The lowest BCUT2D eigenvalue weighted by molar-refractivity contribution is 0.250. The highest BCUT2D eigenvalue weighted by atomic mass is 35.5. The van der Waals surface area contributed by atoms with Crippen molar-refractivity contribution in [1.29, 1.82) is 0 Å². The molecule has 2 aliphatic rings. The van der Waals surface area contributed by atoms with E-state index in [1.54, 1.807) is 11.3 Å². The van der Waals surface area contributed by atoms with Crippen molar-refractivity contribution in [3.8, 4) is 0 Å². The Labute approximate surface area is 134 Å². The second kappa shape index (κ2) is 5.90. The Kier molecular flexibility index (Phi) is 4.34. The van der Waals surface area contributed by atoms with Crippen LogP contribution in [0.15, 0.2) is 17.1 Å². The van der Waals surface area contributed by atoms with Gasteiger partial charge in [0, 0.05) is 16.2 Å². The number of amidine groups is 1. The van der Waals surface area contributed by atoms with Crippen LogP contribution < -0.4 is 5.32 Å². The molecule has 0 bridgehead atoms. The Morgan fingerprint density at radius 3 is 2.80 bits per heavy atom. The second-order valence-electron chi connectivity index (χ2n) is 6.13. The summed E-state index contributed by atoms with van der Waals surface area (Å²) in [5.74, 6) is 2.07. The summed E-state index contributed by atoms with van der Waals surface area (Å²) in [6.07, 6.45) is 5.27. The van der Waals surface area contributed by atoms with Crippen LogP contribution in [0, 0.1) is 5.92 Å². The number of nitrogens with zero attached hydrogens (tertiary/aromatic N) is 1. The third-order valence-corrected chi connectivity index (χ3v) is 6.98. The number of halogens is 1. The summed E-state index contributed by atoms with van der Waals surface area (Å²) in [6, 6.07) is 4.23. The normalized spacial score (nSPS) is 33.5. The molecule has 1 unspecified atom stereocenters. The molecule has 1 aromatic heterocycles. The molecule has 1 saturated heterocycles. The first-order valence-electron chi connectivity index (χ1n) is 7.30. The Balaban J connectivity index is 1.66. The van der Waals surface area contributed by atoms with Crippen LogP contribution in [0.3, 0.4) is 0 Å². The average molecular weight is 329 g/mol. The van der Waals surface area contributed by atoms with Crippen molar-refractivity contribution in [3.63, 3.8) is 0 Å². The zero-order valence-corrected chi connectivity index (χ0v) is 14.4. The molecular weight excluding hydrogens is 308 g/mol. The number of hydrogen-bond acceptors (Lipinski definition) is 3. The summed E-state index contributed by atoms with van der Waals surface area (Å²) in [7, 11) is 0. The first kappa shape index (κ1) is 14.7. The van der Waals surface area contributed by atoms with Crippen molar-refractivity contribution in [2.24, 2.45) is 10.9 Å². The van der Waals surface area contributed by atoms with Gasteiger partial charge in [0.1, 0.15) is 0 Å². The second-order valence-corrected chi connectivity index (χ2v) is 8.84. The summed E-state index contributed by atoms with van der Waals surface area (Å²) in [5.41, 5.74) is 0.322. The highest BCUT2D eigenvalue weighted by Gasteiger charge is 2.39. The smallest absolute Gasteiger partial charge is 0.157 e. The maximum Gasteiger partial charge on any atom is 0.157 e. The van der Waals surface area contributed by atoms with Gasteiger partial charge >= 0.3 is 0 Å². The molecule has 3 rings (SSSR count). The summed E-state index contributed by atoms with van der Waals surface area (Å²) in [6.45, 7) is 4.51. The quantitative estimate of drug-likeness (QED) is 0.816. The Bertz CT molecular complexity index is 504. The van der Waals surface area contributed by atoms with Crippen molar-refractivity contribution >= 4 is 39.9 Å². The van der Waals surface area contributed by atoms with Crippen LogP contribution in [0.1, 0.15) is 50.4 Å². The van der Waals surface area contributed by atoms with Gasteiger partial charge in [0.2, 0.25) is 0 Å². The SMILES string of the molecule is CC1CCC2(CC1)CSC(=NC(C)c1ccc(Cl)s1)N2. The third kappa shape index (κ3) is 3.18. The number of aliphatic imine (C=N–C) groups is 1. The molecule has 1 N–H and O–H groups in total. The van der Waals surface area contributed by atoms with Crippen molar-refractivity contribution < 1.29 is 0 Å². The molecule has 20 heavy (non-hydrogen) atoms. The van der Waals surface area contributed by atoms with Crippen molar-refractivity contribution in [2.45, 2.75) is 51.1 Å². The predicted molar refractivity (Wildman–Crippen MR) is 91.1 cm³/mol. The van der Waals surface area contributed by atoms with Gasteiger partial charge < -0.3 is 5.32 Å². The lowest BCUT2D eigenvalue weighted by Gasteiger charge is -2.35. The summed E-state index contributed by atoms with van der Waals surface area (Å²) >= 11 is 9.52. The molecule has 1 spiro atoms. The van der Waals surface area contributed by atoms with Gasteiger partial charge in [0.05, 0.1) is 10.4 Å². The standard InChI is InChI=1S/C15H21ClN2S2/c1-10-5-7-15(8-6-10)9-19-14(18-15)17-11(2)12-3-4-13(16)20-12/h3-4,10-11H,5-9H2,1-2H3,(H,17,18). The van der Waals surface area contributed by atoms with Gasteiger partial charge in [-0.05, 0) is 50.7 Å². The molecule has 0 amide bonds. The minimum absolute atomic E-state index is 0.195. The fourth-order valence-electron chi connectivity index (χ4n) is 2.95. The van der Waals surface area contributed by atoms with Crippen LogP contribution in [0.4, 0.5) is 0 Å². The fraction of sp³-hybridized carbons (Fsp3) is 0.667. The Morgan fingerprint density at radius 1 is 1.40 bits per heavy atom. The van der Waals surface area contributed by atoms with E-state index < -0.39 is 0 Å². The molecule has 2 nitrogen and oxygen atoms in total. The summed E-state index contributed by atoms with van der Waals surface area (Å²) in [5, 5.41) is 4.84. The van der Waals surface area contributed by atoms with E-state index in [0.29, 0.717) is 5.54 Å². The maximum absolute atomic E-state index is 6.00. The molecule has 1 atom stereocenters. The van der Waals surface area contributed by atoms with Crippen LogP contribution in [-0.4, -0.2) is 16.5 Å². The Hall–Kier alpha value is -0.190. The van der Waals surface area contributed by atoms with E-state index in [9.17, 15) is 0 Å². The molecule has 1 aliphatic carbocycles. The maximum atomic E-state index is 6.00.